The molecule has 0 aromatic carbocycles. The third kappa shape index (κ3) is 3.40. The highest BCUT2D eigenvalue weighted by Gasteiger charge is 2.39. The molecule has 2 aliphatic rings. The van der Waals surface area contributed by atoms with Crippen molar-refractivity contribution in [1.82, 2.24) is 4.57 Å². The molecule has 0 amide bonds. The van der Waals surface area contributed by atoms with Gasteiger partial charge < -0.3 is 19.5 Å². The second-order valence-corrected chi connectivity index (χ2v) is 9.58. The lowest BCUT2D eigenvalue weighted by molar-refractivity contribution is 0.123. The van der Waals surface area contributed by atoms with Gasteiger partial charge in [-0.05, 0) is 51.2 Å². The van der Waals surface area contributed by atoms with Crippen LogP contribution in [0.2, 0.25) is 0 Å². The van der Waals surface area contributed by atoms with Gasteiger partial charge in [0.2, 0.25) is 0 Å². The number of ether oxygens (including phenoxy) is 1. The Morgan fingerprint density at radius 1 is 1.24 bits per heavy atom. The molecule has 2 aliphatic heterocycles. The molecule has 158 valence electrons. The third-order valence-corrected chi connectivity index (χ3v) is 8.18. The number of hydrogen-bond acceptors (Lipinski definition) is 5. The molecule has 0 bridgehead atoms. The lowest BCUT2D eigenvalue weighted by Crippen LogP contribution is -2.41. The Balaban J connectivity index is 1.72. The van der Waals surface area contributed by atoms with Gasteiger partial charge in [-0.3, -0.25) is 4.99 Å². The van der Waals surface area contributed by atoms with Crippen molar-refractivity contribution in [2.45, 2.75) is 58.9 Å². The maximum Gasteiger partial charge on any atom is 0.133 e. The lowest BCUT2D eigenvalue weighted by Gasteiger charge is -2.35. The second kappa shape index (κ2) is 7.80. The van der Waals surface area contributed by atoms with Gasteiger partial charge in [0.1, 0.15) is 17.0 Å². The Labute approximate surface area is 178 Å². The van der Waals surface area contributed by atoms with Crippen molar-refractivity contribution < 1.29 is 4.74 Å². The number of anilines is 2. The molecular formula is C23H34N4OS. The maximum atomic E-state index is 5.53. The highest BCUT2D eigenvalue weighted by Crippen LogP contribution is 2.47. The van der Waals surface area contributed by atoms with E-state index in [9.17, 15) is 0 Å². The van der Waals surface area contributed by atoms with Gasteiger partial charge in [0.25, 0.3) is 0 Å². The van der Waals surface area contributed by atoms with Crippen molar-refractivity contribution >= 4 is 33.6 Å². The predicted molar refractivity (Wildman–Crippen MR) is 125 cm³/mol. The van der Waals surface area contributed by atoms with E-state index in [2.05, 4.69) is 68.7 Å². The zero-order chi connectivity index (χ0) is 20.8. The van der Waals surface area contributed by atoms with Crippen LogP contribution in [-0.2, 0) is 17.3 Å². The van der Waals surface area contributed by atoms with Crippen molar-refractivity contribution in [2.24, 2.45) is 12.0 Å². The molecule has 2 aromatic heterocycles. The average Bonchev–Trinajstić information content (AvgIpc) is 3.25. The minimum Gasteiger partial charge on any atom is -0.378 e. The minimum absolute atomic E-state index is 0.288. The number of nitrogens with zero attached hydrogens (tertiary/aromatic N) is 3. The summed E-state index contributed by atoms with van der Waals surface area (Å²) >= 11 is 1.90. The fraction of sp³-hybridized carbons (Fsp3) is 0.609. The van der Waals surface area contributed by atoms with Gasteiger partial charge in [-0.15, -0.1) is 11.3 Å². The van der Waals surface area contributed by atoms with Gasteiger partial charge >= 0.3 is 0 Å². The maximum absolute atomic E-state index is 5.53. The third-order valence-electron chi connectivity index (χ3n) is 6.66. The smallest absolute Gasteiger partial charge is 0.133 e. The molecule has 1 fully saturated rings. The van der Waals surface area contributed by atoms with Crippen LogP contribution in [0.4, 0.5) is 16.5 Å². The summed E-state index contributed by atoms with van der Waals surface area (Å²) in [6.45, 7) is 14.8. The molecule has 4 rings (SSSR count). The van der Waals surface area contributed by atoms with Gasteiger partial charge in [-0.1, -0.05) is 13.8 Å². The SMILES string of the molecule is CCC(CC)c1cn(C)c2c1N=C(C)C(C)(c1sc(N3CCOCC3)cc1C)N2. The number of aromatic nitrogens is 1. The molecule has 0 radical (unpaired) electrons. The average molecular weight is 415 g/mol. The molecule has 4 heterocycles. The minimum atomic E-state index is -0.288. The van der Waals surface area contributed by atoms with Crippen molar-refractivity contribution in [3.05, 3.63) is 28.3 Å². The van der Waals surface area contributed by atoms with E-state index in [0.29, 0.717) is 5.92 Å². The van der Waals surface area contributed by atoms with E-state index in [1.54, 1.807) is 0 Å². The molecule has 5 nitrogen and oxygen atoms in total. The Hall–Kier alpha value is -1.79. The Kier molecular flexibility index (Phi) is 5.51. The summed E-state index contributed by atoms with van der Waals surface area (Å²) in [7, 11) is 2.13. The van der Waals surface area contributed by atoms with E-state index in [-0.39, 0.29) is 5.54 Å². The Morgan fingerprint density at radius 2 is 1.93 bits per heavy atom. The number of thiophene rings is 1. The van der Waals surface area contributed by atoms with Crippen molar-refractivity contribution in [2.75, 3.05) is 36.5 Å². The van der Waals surface area contributed by atoms with Crippen LogP contribution in [0.3, 0.4) is 0 Å². The highest BCUT2D eigenvalue weighted by atomic mass is 32.1. The number of aryl methyl sites for hydroxylation is 2. The molecule has 0 saturated carbocycles. The molecule has 1 unspecified atom stereocenters. The lowest BCUT2D eigenvalue weighted by atomic mass is 9.89. The van der Waals surface area contributed by atoms with Crippen LogP contribution in [-0.4, -0.2) is 36.6 Å². The summed E-state index contributed by atoms with van der Waals surface area (Å²) in [5.41, 5.74) is 4.70. The molecule has 0 aliphatic carbocycles. The molecular weight excluding hydrogens is 380 g/mol. The Bertz CT molecular complexity index is 918. The first-order valence-corrected chi connectivity index (χ1v) is 11.7. The standard InChI is InChI=1S/C23H34N4OS/c1-7-17(8-2)18-14-26(6)22-20(18)24-16(4)23(5,25-22)21-15(3)13-19(29-21)27-9-11-28-12-10-27/h13-14,17,25H,7-12H2,1-6H3. The normalized spacial score (nSPS) is 21.9. The van der Waals surface area contributed by atoms with E-state index in [4.69, 9.17) is 9.73 Å². The summed E-state index contributed by atoms with van der Waals surface area (Å²) in [6, 6.07) is 2.33. The van der Waals surface area contributed by atoms with Crippen LogP contribution >= 0.6 is 11.3 Å². The van der Waals surface area contributed by atoms with Crippen LogP contribution in [0.25, 0.3) is 0 Å². The van der Waals surface area contributed by atoms with Crippen LogP contribution in [0.1, 0.15) is 62.5 Å². The fourth-order valence-corrected chi connectivity index (χ4v) is 6.04. The van der Waals surface area contributed by atoms with Gasteiger partial charge in [-0.2, -0.15) is 0 Å². The summed E-state index contributed by atoms with van der Waals surface area (Å²) in [5, 5.41) is 5.23. The van der Waals surface area contributed by atoms with Crippen molar-refractivity contribution in [3.63, 3.8) is 0 Å². The monoisotopic (exact) mass is 414 g/mol. The number of aliphatic imine (C=N–C) groups is 1. The Morgan fingerprint density at radius 3 is 2.59 bits per heavy atom. The molecule has 1 saturated heterocycles. The number of hydrogen-bond donors (Lipinski definition) is 1. The quantitative estimate of drug-likeness (QED) is 0.695. The number of nitrogens with one attached hydrogen (secondary N) is 1. The van der Waals surface area contributed by atoms with Crippen LogP contribution < -0.4 is 10.2 Å². The predicted octanol–water partition coefficient (Wildman–Crippen LogP) is 5.57. The van der Waals surface area contributed by atoms with Gasteiger partial charge in [0, 0.05) is 42.5 Å². The zero-order valence-electron chi connectivity index (χ0n) is 18.6. The number of fused-ring (bicyclic) bond motifs is 1. The molecule has 0 spiro atoms. The molecule has 29 heavy (non-hydrogen) atoms. The molecule has 1 atom stereocenters. The molecule has 6 heteroatoms. The van der Waals surface area contributed by atoms with Crippen molar-refractivity contribution in [3.8, 4) is 0 Å². The summed E-state index contributed by atoms with van der Waals surface area (Å²) in [6.07, 6.45) is 4.57. The zero-order valence-corrected chi connectivity index (χ0v) is 19.4. The van der Waals surface area contributed by atoms with E-state index in [1.165, 1.54) is 21.0 Å². The van der Waals surface area contributed by atoms with Gasteiger partial charge in [0.05, 0.1) is 18.2 Å². The van der Waals surface area contributed by atoms with Crippen molar-refractivity contribution in [1.29, 1.82) is 0 Å². The molecule has 2 aromatic rings. The van der Waals surface area contributed by atoms with E-state index < -0.39 is 0 Å². The first kappa shape index (κ1) is 20.5. The number of morpholine rings is 1. The topological polar surface area (TPSA) is 41.8 Å². The fourth-order valence-electron chi connectivity index (χ4n) is 4.66. The second-order valence-electron chi connectivity index (χ2n) is 8.55. The highest BCUT2D eigenvalue weighted by molar-refractivity contribution is 7.16. The van der Waals surface area contributed by atoms with Crippen LogP contribution in [0.15, 0.2) is 17.3 Å². The van der Waals surface area contributed by atoms with Gasteiger partial charge in [-0.25, -0.2) is 0 Å². The summed E-state index contributed by atoms with van der Waals surface area (Å²) in [4.78, 5) is 8.99. The van der Waals surface area contributed by atoms with Crippen LogP contribution in [0.5, 0.6) is 0 Å². The number of rotatable bonds is 5. The first-order chi connectivity index (χ1) is 13.9. The summed E-state index contributed by atoms with van der Waals surface area (Å²) in [5.74, 6) is 1.70. The van der Waals surface area contributed by atoms with Gasteiger partial charge in [0.15, 0.2) is 0 Å². The van der Waals surface area contributed by atoms with E-state index in [0.717, 1.165) is 56.4 Å². The summed E-state index contributed by atoms with van der Waals surface area (Å²) < 4.78 is 7.76. The van der Waals surface area contributed by atoms with Crippen LogP contribution in [0, 0.1) is 6.92 Å². The van der Waals surface area contributed by atoms with E-state index >= 15 is 0 Å². The largest absolute Gasteiger partial charge is 0.378 e. The molecule has 1 N–H and O–H groups in total. The van der Waals surface area contributed by atoms with E-state index in [1.807, 2.05) is 11.3 Å². The first-order valence-electron chi connectivity index (χ1n) is 10.9.